The highest BCUT2D eigenvalue weighted by molar-refractivity contribution is 6.02. The van der Waals surface area contributed by atoms with Crippen molar-refractivity contribution in [2.75, 3.05) is 13.1 Å². The summed E-state index contributed by atoms with van der Waals surface area (Å²) in [5, 5.41) is 2.75. The molecule has 2 fully saturated rings. The van der Waals surface area contributed by atoms with E-state index in [0.29, 0.717) is 42.0 Å². The lowest BCUT2D eigenvalue weighted by atomic mass is 9.98. The number of amides is 2. The third-order valence-corrected chi connectivity index (χ3v) is 7.31. The topological polar surface area (TPSA) is 71.1 Å². The largest absolute Gasteiger partial charge is 0.488 e. The number of nitrogens with zero attached hydrogens (tertiary/aromatic N) is 2. The fraction of sp³-hybridized carbons (Fsp3) is 0.467. The summed E-state index contributed by atoms with van der Waals surface area (Å²) in [5.41, 5.74) is 2.85. The number of hydrogen-bond donors (Lipinski definition) is 1. The Morgan fingerprint density at radius 1 is 1.13 bits per heavy atom. The minimum absolute atomic E-state index is 0.0359. The number of rotatable bonds is 6. The smallest absolute Gasteiger partial charge is 0.255 e. The lowest BCUT2D eigenvalue weighted by molar-refractivity contribution is -0.182. The number of halogens is 1. The van der Waals surface area contributed by atoms with E-state index >= 15 is 0 Å². The first-order valence-corrected chi connectivity index (χ1v) is 13.1. The first kappa shape index (κ1) is 26.4. The molecule has 0 bridgehead atoms. The van der Waals surface area contributed by atoms with Crippen LogP contribution in [0.15, 0.2) is 48.7 Å². The van der Waals surface area contributed by atoms with E-state index in [2.05, 4.69) is 44.5 Å². The van der Waals surface area contributed by atoms with Gasteiger partial charge in [0.15, 0.2) is 0 Å². The molecule has 1 atom stereocenters. The van der Waals surface area contributed by atoms with E-state index in [1.165, 1.54) is 6.07 Å². The molecule has 2 aromatic rings. The summed E-state index contributed by atoms with van der Waals surface area (Å²) in [6.07, 6.45) is 1.17. The molecule has 2 saturated heterocycles. The molecule has 8 heteroatoms. The summed E-state index contributed by atoms with van der Waals surface area (Å²) in [7, 11) is 0. The van der Waals surface area contributed by atoms with Crippen LogP contribution in [0, 0.1) is 5.82 Å². The van der Waals surface area contributed by atoms with Gasteiger partial charge in [-0.05, 0) is 70.4 Å². The van der Waals surface area contributed by atoms with Crippen LogP contribution in [-0.2, 0) is 29.2 Å². The van der Waals surface area contributed by atoms with Crippen LogP contribution < -0.4 is 10.1 Å². The number of benzene rings is 2. The second kappa shape index (κ2) is 9.82. The van der Waals surface area contributed by atoms with Gasteiger partial charge in [0, 0.05) is 42.0 Å². The van der Waals surface area contributed by atoms with Crippen LogP contribution in [0.4, 0.5) is 4.39 Å². The van der Waals surface area contributed by atoms with Gasteiger partial charge >= 0.3 is 0 Å². The van der Waals surface area contributed by atoms with Gasteiger partial charge in [0.25, 0.3) is 5.91 Å². The van der Waals surface area contributed by atoms with E-state index < -0.39 is 6.04 Å². The first-order valence-electron chi connectivity index (χ1n) is 13.1. The molecule has 5 rings (SSSR count). The molecule has 0 spiro atoms. The zero-order valence-electron chi connectivity index (χ0n) is 22.6. The van der Waals surface area contributed by atoms with Crippen molar-refractivity contribution in [1.82, 2.24) is 15.1 Å². The van der Waals surface area contributed by atoms with Crippen molar-refractivity contribution in [1.29, 1.82) is 0 Å². The molecule has 202 valence electrons. The molecule has 2 aromatic carbocycles. The highest BCUT2D eigenvalue weighted by atomic mass is 19.1. The second-order valence-electron chi connectivity index (χ2n) is 11.8. The Bertz CT molecular complexity index is 1270. The van der Waals surface area contributed by atoms with E-state index in [9.17, 15) is 14.0 Å². The molecule has 0 radical (unpaired) electrons. The Morgan fingerprint density at radius 3 is 2.58 bits per heavy atom. The van der Waals surface area contributed by atoms with E-state index in [1.807, 2.05) is 12.1 Å². The summed E-state index contributed by atoms with van der Waals surface area (Å²) in [6.45, 7) is 14.7. The summed E-state index contributed by atoms with van der Waals surface area (Å²) < 4.78 is 27.1. The number of allylic oxidation sites excluding steroid dienone is 1. The lowest BCUT2D eigenvalue weighted by Gasteiger charge is -2.47. The number of morpholine rings is 1. The number of ether oxygens (including phenoxy) is 2. The average molecular weight is 522 g/mol. The van der Waals surface area contributed by atoms with Crippen molar-refractivity contribution < 1.29 is 23.5 Å². The van der Waals surface area contributed by atoms with Crippen molar-refractivity contribution >= 4 is 11.8 Å². The Hall–Kier alpha value is -3.23. The maximum absolute atomic E-state index is 14.8. The van der Waals surface area contributed by atoms with Crippen LogP contribution >= 0.6 is 0 Å². The predicted molar refractivity (Wildman–Crippen MR) is 142 cm³/mol. The molecule has 0 saturated carbocycles. The number of carbonyl (C=O) groups excluding carboxylic acids is 2. The van der Waals surface area contributed by atoms with E-state index in [-0.39, 0.29) is 42.0 Å². The molecular formula is C30H36FN3O4. The van der Waals surface area contributed by atoms with Crippen molar-refractivity contribution in [3.8, 4) is 5.75 Å². The molecule has 3 aliphatic heterocycles. The number of fused-ring (bicyclic) bond motifs is 1. The van der Waals surface area contributed by atoms with Gasteiger partial charge in [0.1, 0.15) is 24.2 Å². The van der Waals surface area contributed by atoms with E-state index in [4.69, 9.17) is 9.47 Å². The third kappa shape index (κ3) is 5.47. The molecule has 3 heterocycles. The first-order chi connectivity index (χ1) is 17.9. The minimum atomic E-state index is -0.544. The summed E-state index contributed by atoms with van der Waals surface area (Å²) in [5.74, 6) is -0.209. The van der Waals surface area contributed by atoms with Crippen LogP contribution in [0.5, 0.6) is 5.75 Å². The molecule has 38 heavy (non-hydrogen) atoms. The molecule has 3 aliphatic rings. The van der Waals surface area contributed by atoms with Gasteiger partial charge in [0.05, 0.1) is 17.7 Å². The van der Waals surface area contributed by atoms with Gasteiger partial charge in [-0.25, -0.2) is 4.39 Å². The zero-order chi connectivity index (χ0) is 27.2. The van der Waals surface area contributed by atoms with Crippen LogP contribution in [0.1, 0.15) is 67.6 Å². The van der Waals surface area contributed by atoms with Crippen LogP contribution in [0.3, 0.4) is 0 Å². The highest BCUT2D eigenvalue weighted by Crippen LogP contribution is 2.35. The fourth-order valence-corrected chi connectivity index (χ4v) is 6.08. The Morgan fingerprint density at radius 2 is 1.87 bits per heavy atom. The number of carbonyl (C=O) groups is 2. The Balaban J connectivity index is 1.29. The Kier molecular flexibility index (Phi) is 6.82. The molecule has 1 N–H and O–H groups in total. The van der Waals surface area contributed by atoms with Crippen molar-refractivity contribution in [3.05, 3.63) is 76.7 Å². The SMILES string of the molecule is C=C1CCC(N2Cc3c(OCc4cc(CN5CC(C)(C)OC(C)(C)C5)ccc4F)cccc3C2=O)C(=O)N1. The average Bonchev–Trinajstić information content (AvgIpc) is 3.14. The maximum atomic E-state index is 14.8. The van der Waals surface area contributed by atoms with Crippen LogP contribution in [0.25, 0.3) is 0 Å². The van der Waals surface area contributed by atoms with Crippen molar-refractivity contribution in [2.45, 2.75) is 77.5 Å². The summed E-state index contributed by atoms with van der Waals surface area (Å²) >= 11 is 0. The lowest BCUT2D eigenvalue weighted by Crippen LogP contribution is -2.56. The summed E-state index contributed by atoms with van der Waals surface area (Å²) in [4.78, 5) is 29.6. The monoisotopic (exact) mass is 521 g/mol. The van der Waals surface area contributed by atoms with Crippen LogP contribution in [-0.4, -0.2) is 51.9 Å². The Labute approximate surface area is 223 Å². The summed E-state index contributed by atoms with van der Waals surface area (Å²) in [6, 6.07) is 9.90. The highest BCUT2D eigenvalue weighted by Gasteiger charge is 2.40. The van der Waals surface area contributed by atoms with Crippen LogP contribution in [0.2, 0.25) is 0 Å². The predicted octanol–water partition coefficient (Wildman–Crippen LogP) is 4.54. The van der Waals surface area contributed by atoms with E-state index in [0.717, 1.165) is 24.2 Å². The van der Waals surface area contributed by atoms with Gasteiger partial charge in [-0.3, -0.25) is 14.5 Å². The van der Waals surface area contributed by atoms with Crippen molar-refractivity contribution in [2.24, 2.45) is 0 Å². The second-order valence-corrected chi connectivity index (χ2v) is 11.8. The standard InChI is InChI=1S/C30H36FN3O4/c1-19-9-12-25(27(35)32-19)34-15-23-22(28(34)36)7-6-8-26(23)37-16-21-13-20(10-11-24(21)31)14-33-17-29(2,3)38-30(4,5)18-33/h6-8,10-11,13,25H,1,9,12,14-18H2,2-5H3,(H,32,35). The number of piperidine rings is 1. The van der Waals surface area contributed by atoms with Gasteiger partial charge in [-0.15, -0.1) is 0 Å². The molecule has 2 amide bonds. The van der Waals surface area contributed by atoms with E-state index in [1.54, 1.807) is 23.1 Å². The molecular weight excluding hydrogens is 485 g/mol. The fourth-order valence-electron chi connectivity index (χ4n) is 6.08. The zero-order valence-corrected chi connectivity index (χ0v) is 22.6. The molecule has 0 aromatic heterocycles. The normalized spacial score (nSPS) is 22.8. The quantitative estimate of drug-likeness (QED) is 0.604. The number of hydrogen-bond acceptors (Lipinski definition) is 5. The van der Waals surface area contributed by atoms with Gasteiger partial charge in [0.2, 0.25) is 5.91 Å². The molecule has 7 nitrogen and oxygen atoms in total. The van der Waals surface area contributed by atoms with Gasteiger partial charge in [-0.2, -0.15) is 0 Å². The third-order valence-electron chi connectivity index (χ3n) is 7.31. The van der Waals surface area contributed by atoms with Crippen molar-refractivity contribution in [3.63, 3.8) is 0 Å². The minimum Gasteiger partial charge on any atom is -0.488 e. The molecule has 1 unspecified atom stereocenters. The maximum Gasteiger partial charge on any atom is 0.255 e. The molecule has 0 aliphatic carbocycles. The number of nitrogens with one attached hydrogen (secondary N) is 1. The van der Waals surface area contributed by atoms with Gasteiger partial charge in [-0.1, -0.05) is 18.7 Å². The van der Waals surface area contributed by atoms with Gasteiger partial charge < -0.3 is 19.7 Å².